The molecule has 0 radical (unpaired) electrons. The molecule has 4 heterocycles. The van der Waals surface area contributed by atoms with Crippen LogP contribution in [0.1, 0.15) is 98.1 Å². The molecular weight excluding hydrogens is 985 g/mol. The standard InChI is InChI=1S/C54H44O21/c55-24-5-1-18(9-29(24)60)22-14-39(69)72-38-17-36(67)44-46(48(71)50(74-53(44)40(22)38)20-3-7-26(57)31(62)11-20)43-35(66)16-34(65)42-45(47(70)51(75-54(42)43)21-4-8-27(58)32(63)12-21)41-33(64)15-28(59)23-13-37(68)49(73-52(23)41)19-2-6-25(56)30(61)10-19/h1-12,15-17,22,37,45-51,55-68,70-71H,13-14H2. The molecule has 21 heteroatoms. The van der Waals surface area contributed by atoms with Crippen LogP contribution < -0.4 is 18.9 Å². The van der Waals surface area contributed by atoms with E-state index in [4.69, 9.17) is 18.9 Å². The Balaban J connectivity index is 1.19. The lowest BCUT2D eigenvalue weighted by molar-refractivity contribution is -0.135. The van der Waals surface area contributed by atoms with Crippen molar-refractivity contribution in [2.24, 2.45) is 0 Å². The van der Waals surface area contributed by atoms with Crippen molar-refractivity contribution in [1.82, 2.24) is 0 Å². The molecular formula is C54H44O21. The van der Waals surface area contributed by atoms with E-state index in [-0.39, 0.29) is 68.2 Å². The lowest BCUT2D eigenvalue weighted by Crippen LogP contribution is -2.39. The number of phenols is 13. The average molecular weight is 1030 g/mol. The number of benzene rings is 7. The Morgan fingerprint density at radius 2 is 0.733 bits per heavy atom. The maximum absolute atomic E-state index is 13.3. The van der Waals surface area contributed by atoms with Gasteiger partial charge in [-0.3, -0.25) is 4.79 Å². The number of hydrogen-bond donors (Lipinski definition) is 16. The smallest absolute Gasteiger partial charge is 0.312 e. The predicted molar refractivity (Wildman–Crippen MR) is 254 cm³/mol. The van der Waals surface area contributed by atoms with Crippen molar-refractivity contribution in [3.05, 3.63) is 147 Å². The lowest BCUT2D eigenvalue weighted by atomic mass is 9.72. The lowest BCUT2D eigenvalue weighted by Gasteiger charge is -2.44. The summed E-state index contributed by atoms with van der Waals surface area (Å²) in [5.41, 5.74) is -1.30. The van der Waals surface area contributed by atoms with Crippen LogP contribution in [-0.2, 0) is 11.2 Å². The van der Waals surface area contributed by atoms with Gasteiger partial charge in [0.15, 0.2) is 58.2 Å². The molecule has 4 aliphatic heterocycles. The van der Waals surface area contributed by atoms with Gasteiger partial charge in [0.25, 0.3) is 0 Å². The van der Waals surface area contributed by atoms with Crippen molar-refractivity contribution in [2.75, 3.05) is 0 Å². The summed E-state index contributed by atoms with van der Waals surface area (Å²) in [6.45, 7) is 0. The molecule has 0 aromatic heterocycles. The Morgan fingerprint density at radius 3 is 1.20 bits per heavy atom. The van der Waals surface area contributed by atoms with E-state index >= 15 is 0 Å². The van der Waals surface area contributed by atoms with Crippen LogP contribution in [0.3, 0.4) is 0 Å². The monoisotopic (exact) mass is 1030 g/mol. The first kappa shape index (κ1) is 48.0. The number of rotatable bonds is 6. The van der Waals surface area contributed by atoms with E-state index in [1.165, 1.54) is 36.4 Å². The Bertz CT molecular complexity index is 3540. The number of ether oxygens (including phenoxy) is 4. The molecule has 386 valence electrons. The summed E-state index contributed by atoms with van der Waals surface area (Å²) in [6, 6.07) is 16.9. The molecule has 0 amide bonds. The van der Waals surface area contributed by atoms with Crippen molar-refractivity contribution >= 4 is 5.97 Å². The second kappa shape index (κ2) is 17.4. The molecule has 75 heavy (non-hydrogen) atoms. The third-order valence-corrected chi connectivity index (χ3v) is 14.4. The van der Waals surface area contributed by atoms with Gasteiger partial charge in [0.1, 0.15) is 70.1 Å². The molecule has 0 saturated heterocycles. The van der Waals surface area contributed by atoms with Crippen LogP contribution in [0.4, 0.5) is 0 Å². The Labute approximate surface area is 421 Å². The number of aromatic hydroxyl groups is 13. The maximum atomic E-state index is 13.3. The third-order valence-electron chi connectivity index (χ3n) is 14.4. The van der Waals surface area contributed by atoms with Crippen LogP contribution in [0.2, 0.25) is 0 Å². The van der Waals surface area contributed by atoms with Crippen molar-refractivity contribution in [1.29, 1.82) is 0 Å². The van der Waals surface area contributed by atoms with E-state index in [2.05, 4.69) is 0 Å². The van der Waals surface area contributed by atoms with Crippen molar-refractivity contribution < 1.29 is 105 Å². The molecule has 7 aromatic rings. The molecule has 16 N–H and O–H groups in total. The number of hydrogen-bond acceptors (Lipinski definition) is 21. The number of phenolic OH excluding ortho intramolecular Hbond substituents is 13. The zero-order valence-corrected chi connectivity index (χ0v) is 38.5. The highest BCUT2D eigenvalue weighted by Gasteiger charge is 2.52. The zero-order chi connectivity index (χ0) is 53.2. The van der Waals surface area contributed by atoms with Gasteiger partial charge in [-0.15, -0.1) is 0 Å². The molecule has 7 aromatic carbocycles. The number of aliphatic hydroxyl groups excluding tert-OH is 3. The summed E-state index contributed by atoms with van der Waals surface area (Å²) in [5.74, 6) is -15.2. The van der Waals surface area contributed by atoms with Crippen LogP contribution in [0.15, 0.2) is 91.0 Å². The number of fused-ring (bicyclic) bond motifs is 5. The molecule has 0 bridgehead atoms. The molecule has 9 atom stereocenters. The van der Waals surface area contributed by atoms with Gasteiger partial charge >= 0.3 is 5.97 Å². The van der Waals surface area contributed by atoms with Crippen LogP contribution in [0.25, 0.3) is 0 Å². The first-order chi connectivity index (χ1) is 35.7. The molecule has 11 rings (SSSR count). The fraction of sp³-hybridized carbons (Fsp3) is 0.204. The van der Waals surface area contributed by atoms with E-state index in [9.17, 15) is 86.5 Å². The molecule has 9 unspecified atom stereocenters. The van der Waals surface area contributed by atoms with Crippen molar-refractivity contribution in [3.8, 4) is 97.7 Å². The summed E-state index contributed by atoms with van der Waals surface area (Å²) in [4.78, 5) is 13.3. The Kier molecular flexibility index (Phi) is 11.2. The average Bonchev–Trinajstić information content (AvgIpc) is 3.35. The highest BCUT2D eigenvalue weighted by molar-refractivity contribution is 5.81. The van der Waals surface area contributed by atoms with Gasteiger partial charge in [0, 0.05) is 63.9 Å². The number of esters is 1. The molecule has 4 aliphatic rings. The number of carbonyl (C=O) groups is 1. The third kappa shape index (κ3) is 7.62. The summed E-state index contributed by atoms with van der Waals surface area (Å²) in [6.07, 6.45) is -11.0. The fourth-order valence-electron chi connectivity index (χ4n) is 10.9. The predicted octanol–water partition coefficient (Wildman–Crippen LogP) is 5.59. The van der Waals surface area contributed by atoms with Crippen LogP contribution in [0, 0.1) is 0 Å². The molecule has 21 nitrogen and oxygen atoms in total. The largest absolute Gasteiger partial charge is 0.507 e. The highest BCUT2D eigenvalue weighted by Crippen LogP contribution is 2.64. The quantitative estimate of drug-likeness (QED) is 0.0548. The van der Waals surface area contributed by atoms with Gasteiger partial charge in [-0.2, -0.15) is 0 Å². The highest BCUT2D eigenvalue weighted by atomic mass is 16.5. The second-order valence-electron chi connectivity index (χ2n) is 18.8. The van der Waals surface area contributed by atoms with Gasteiger partial charge < -0.3 is 101 Å². The summed E-state index contributed by atoms with van der Waals surface area (Å²) >= 11 is 0. The van der Waals surface area contributed by atoms with Gasteiger partial charge in [0.05, 0.1) is 24.4 Å². The second-order valence-corrected chi connectivity index (χ2v) is 18.8. The Morgan fingerprint density at radius 1 is 0.360 bits per heavy atom. The summed E-state index contributed by atoms with van der Waals surface area (Å²) in [5, 5.41) is 181. The SMILES string of the molecule is O=C1CC(c2ccc(O)c(O)c2)c2c(cc(O)c3c2OC(c2ccc(O)c(O)c2)C(O)C3c2c(O)cc(O)c3c2OC(c2ccc(O)c(O)c2)C(O)C3c2c(O)cc(O)c3c2OC(c2ccc(O)c(O)c2)C(O)C3)O1. The Hall–Kier alpha value is -9.31. The molecule has 0 aliphatic carbocycles. The van der Waals surface area contributed by atoms with E-state index < -0.39 is 158 Å². The van der Waals surface area contributed by atoms with Gasteiger partial charge in [-0.25, -0.2) is 0 Å². The fourth-order valence-corrected chi connectivity index (χ4v) is 10.9. The number of aliphatic hydroxyl groups is 3. The van der Waals surface area contributed by atoms with E-state index in [0.29, 0.717) is 0 Å². The molecule has 0 fully saturated rings. The van der Waals surface area contributed by atoms with Gasteiger partial charge in [-0.05, 0) is 70.8 Å². The topological polar surface area (TPSA) is 378 Å². The van der Waals surface area contributed by atoms with Crippen molar-refractivity contribution in [2.45, 2.75) is 67.2 Å². The minimum Gasteiger partial charge on any atom is -0.507 e. The van der Waals surface area contributed by atoms with Crippen LogP contribution >= 0.6 is 0 Å². The van der Waals surface area contributed by atoms with E-state index in [0.717, 1.165) is 54.6 Å². The van der Waals surface area contributed by atoms with E-state index in [1.807, 2.05) is 0 Å². The van der Waals surface area contributed by atoms with Crippen molar-refractivity contribution in [3.63, 3.8) is 0 Å². The zero-order valence-electron chi connectivity index (χ0n) is 38.5. The maximum Gasteiger partial charge on any atom is 0.312 e. The number of carbonyl (C=O) groups excluding carboxylic acids is 1. The summed E-state index contributed by atoms with van der Waals surface area (Å²) < 4.78 is 25.3. The van der Waals surface area contributed by atoms with E-state index in [1.54, 1.807) is 0 Å². The van der Waals surface area contributed by atoms with Crippen LogP contribution in [0.5, 0.6) is 97.7 Å². The van der Waals surface area contributed by atoms with Gasteiger partial charge in [0.2, 0.25) is 0 Å². The first-order valence-electron chi connectivity index (χ1n) is 23.1. The summed E-state index contributed by atoms with van der Waals surface area (Å²) in [7, 11) is 0. The van der Waals surface area contributed by atoms with Crippen LogP contribution in [-0.4, -0.2) is 106 Å². The van der Waals surface area contributed by atoms with Gasteiger partial charge in [-0.1, -0.05) is 24.3 Å². The molecule has 0 saturated carbocycles. The minimum absolute atomic E-state index is 0.00699. The normalized spacial score (nSPS) is 23.5. The first-order valence-corrected chi connectivity index (χ1v) is 23.1. The minimum atomic E-state index is -1.99. The molecule has 0 spiro atoms.